The van der Waals surface area contributed by atoms with Crippen LogP contribution in [0.1, 0.15) is 22.4 Å². The van der Waals surface area contributed by atoms with Crippen molar-refractivity contribution in [2.45, 2.75) is 30.7 Å². The van der Waals surface area contributed by atoms with Crippen molar-refractivity contribution in [3.8, 4) is 0 Å². The van der Waals surface area contributed by atoms with Crippen molar-refractivity contribution in [1.82, 2.24) is 9.21 Å². The van der Waals surface area contributed by atoms with E-state index in [0.717, 1.165) is 43.2 Å². The molecule has 7 heteroatoms. The Morgan fingerprint density at radius 2 is 1.76 bits per heavy atom. The summed E-state index contributed by atoms with van der Waals surface area (Å²) in [5.41, 5.74) is 2.51. The number of piperazine rings is 1. The quantitative estimate of drug-likeness (QED) is 0.795. The number of fused-ring (bicyclic) bond motifs is 1. The van der Waals surface area contributed by atoms with Crippen LogP contribution in [-0.4, -0.2) is 43.8 Å². The van der Waals surface area contributed by atoms with E-state index in [9.17, 15) is 8.42 Å². The third kappa shape index (κ3) is 3.64. The number of thiophene rings is 1. The Bertz CT molecular complexity index is 871. The van der Waals surface area contributed by atoms with Crippen molar-refractivity contribution in [2.75, 3.05) is 26.2 Å². The van der Waals surface area contributed by atoms with Gasteiger partial charge in [-0.2, -0.15) is 4.31 Å². The number of benzene rings is 1. The molecule has 2 aliphatic rings. The van der Waals surface area contributed by atoms with Gasteiger partial charge in [0.2, 0.25) is 10.0 Å². The zero-order chi connectivity index (χ0) is 17.4. The molecule has 25 heavy (non-hydrogen) atoms. The van der Waals surface area contributed by atoms with E-state index in [-0.39, 0.29) is 0 Å². The topological polar surface area (TPSA) is 40.6 Å². The molecular weight excluding hydrogens is 376 g/mol. The summed E-state index contributed by atoms with van der Waals surface area (Å²) >= 11 is 7.57. The molecule has 0 amide bonds. The van der Waals surface area contributed by atoms with E-state index in [0.29, 0.717) is 18.0 Å². The molecule has 1 aromatic carbocycles. The average Bonchev–Trinajstić information content (AvgIpc) is 3.23. The predicted octanol–water partition coefficient (Wildman–Crippen LogP) is 3.40. The molecule has 2 heterocycles. The van der Waals surface area contributed by atoms with Crippen molar-refractivity contribution in [1.29, 1.82) is 0 Å². The van der Waals surface area contributed by atoms with Gasteiger partial charge in [-0.1, -0.05) is 17.7 Å². The molecule has 0 saturated carbocycles. The van der Waals surface area contributed by atoms with E-state index < -0.39 is 10.0 Å². The van der Waals surface area contributed by atoms with E-state index in [1.165, 1.54) is 16.0 Å². The fourth-order valence-electron chi connectivity index (χ4n) is 3.64. The number of sulfonamides is 1. The van der Waals surface area contributed by atoms with E-state index in [1.54, 1.807) is 21.7 Å². The minimum Gasteiger partial charge on any atom is -0.296 e. The lowest BCUT2D eigenvalue weighted by Crippen LogP contribution is -2.48. The molecule has 4 nitrogen and oxygen atoms in total. The Hall–Kier alpha value is -0.920. The van der Waals surface area contributed by atoms with Crippen molar-refractivity contribution in [3.63, 3.8) is 0 Å². The molecule has 1 aliphatic carbocycles. The predicted molar refractivity (Wildman–Crippen MR) is 102 cm³/mol. The molecule has 134 valence electrons. The van der Waals surface area contributed by atoms with Crippen LogP contribution in [0.2, 0.25) is 4.34 Å². The second-order valence-corrected chi connectivity index (χ2v) is 10.4. The Kier molecular flexibility index (Phi) is 4.90. The van der Waals surface area contributed by atoms with Gasteiger partial charge in [0.1, 0.15) is 0 Å². The Morgan fingerprint density at radius 1 is 1.00 bits per heavy atom. The highest BCUT2D eigenvalue weighted by atomic mass is 35.5. The molecule has 0 radical (unpaired) electrons. The van der Waals surface area contributed by atoms with Crippen LogP contribution in [-0.2, 0) is 29.4 Å². The van der Waals surface area contributed by atoms with Gasteiger partial charge in [-0.25, -0.2) is 8.42 Å². The molecule has 1 saturated heterocycles. The molecule has 1 aromatic heterocycles. The highest BCUT2D eigenvalue weighted by Gasteiger charge is 2.29. The zero-order valence-corrected chi connectivity index (χ0v) is 16.3. The van der Waals surface area contributed by atoms with Crippen LogP contribution in [0.5, 0.6) is 0 Å². The summed E-state index contributed by atoms with van der Waals surface area (Å²) in [6, 6.07) is 9.61. The van der Waals surface area contributed by atoms with Crippen molar-refractivity contribution in [2.24, 2.45) is 0 Å². The third-order valence-corrected chi connectivity index (χ3v) is 8.16. The maximum absolute atomic E-state index is 12.9. The van der Waals surface area contributed by atoms with Gasteiger partial charge in [0.25, 0.3) is 0 Å². The van der Waals surface area contributed by atoms with Gasteiger partial charge in [0.05, 0.1) is 9.23 Å². The number of aryl methyl sites for hydroxylation is 2. The van der Waals surface area contributed by atoms with Gasteiger partial charge in [-0.15, -0.1) is 11.3 Å². The standard InChI is InChI=1S/C18H21ClN2O2S2/c19-18-7-5-16(24-18)13-20-8-10-21(11-9-20)25(22,23)17-6-4-14-2-1-3-15(14)12-17/h4-7,12H,1-3,8-11,13H2. The molecular formula is C18H21ClN2O2S2. The second-order valence-electron chi connectivity index (χ2n) is 6.67. The van der Waals surface area contributed by atoms with Crippen LogP contribution in [0.3, 0.4) is 0 Å². The summed E-state index contributed by atoms with van der Waals surface area (Å²) in [6.07, 6.45) is 3.20. The van der Waals surface area contributed by atoms with Crippen LogP contribution >= 0.6 is 22.9 Å². The van der Waals surface area contributed by atoms with Crippen molar-refractivity contribution < 1.29 is 8.42 Å². The molecule has 4 rings (SSSR count). The lowest BCUT2D eigenvalue weighted by Gasteiger charge is -2.33. The van der Waals surface area contributed by atoms with Crippen LogP contribution in [0.15, 0.2) is 35.2 Å². The molecule has 0 spiro atoms. The zero-order valence-electron chi connectivity index (χ0n) is 13.9. The van der Waals surface area contributed by atoms with Gasteiger partial charge in [0, 0.05) is 37.6 Å². The number of rotatable bonds is 4. The normalized spacial score (nSPS) is 19.2. The Balaban J connectivity index is 1.42. The van der Waals surface area contributed by atoms with E-state index in [4.69, 9.17) is 11.6 Å². The molecule has 0 unspecified atom stereocenters. The van der Waals surface area contributed by atoms with E-state index in [1.807, 2.05) is 24.3 Å². The van der Waals surface area contributed by atoms with Crippen molar-refractivity contribution in [3.05, 3.63) is 50.7 Å². The van der Waals surface area contributed by atoms with Crippen LogP contribution in [0, 0.1) is 0 Å². The smallest absolute Gasteiger partial charge is 0.243 e. The molecule has 0 atom stereocenters. The summed E-state index contributed by atoms with van der Waals surface area (Å²) < 4.78 is 28.3. The SMILES string of the molecule is O=S(=O)(c1ccc2c(c1)CCC2)N1CCN(Cc2ccc(Cl)s2)CC1. The first kappa shape index (κ1) is 17.5. The van der Waals surface area contributed by atoms with Gasteiger partial charge in [-0.05, 0) is 54.7 Å². The van der Waals surface area contributed by atoms with Crippen LogP contribution in [0.4, 0.5) is 0 Å². The summed E-state index contributed by atoms with van der Waals surface area (Å²) in [7, 11) is -3.39. The summed E-state index contributed by atoms with van der Waals surface area (Å²) in [4.78, 5) is 3.96. The van der Waals surface area contributed by atoms with Gasteiger partial charge < -0.3 is 0 Å². The Labute approximate surface area is 158 Å². The fourth-order valence-corrected chi connectivity index (χ4v) is 6.25. The van der Waals surface area contributed by atoms with Gasteiger partial charge >= 0.3 is 0 Å². The number of hydrogen-bond acceptors (Lipinski definition) is 4. The summed E-state index contributed by atoms with van der Waals surface area (Å²) in [6.45, 7) is 3.42. The van der Waals surface area contributed by atoms with Gasteiger partial charge in [0.15, 0.2) is 0 Å². The number of hydrogen-bond donors (Lipinski definition) is 0. The maximum atomic E-state index is 12.9. The van der Waals surface area contributed by atoms with Gasteiger partial charge in [-0.3, -0.25) is 4.90 Å². The fraction of sp³-hybridized carbons (Fsp3) is 0.444. The van der Waals surface area contributed by atoms with Crippen LogP contribution < -0.4 is 0 Å². The summed E-state index contributed by atoms with van der Waals surface area (Å²) in [5.74, 6) is 0. The highest BCUT2D eigenvalue weighted by Crippen LogP contribution is 2.27. The third-order valence-electron chi connectivity index (χ3n) is 5.05. The first-order valence-electron chi connectivity index (χ1n) is 8.61. The summed E-state index contributed by atoms with van der Waals surface area (Å²) in [5, 5.41) is 0. The first-order chi connectivity index (χ1) is 12.0. The van der Waals surface area contributed by atoms with E-state index in [2.05, 4.69) is 4.90 Å². The largest absolute Gasteiger partial charge is 0.296 e. The molecule has 0 N–H and O–H groups in total. The first-order valence-corrected chi connectivity index (χ1v) is 11.2. The monoisotopic (exact) mass is 396 g/mol. The Morgan fingerprint density at radius 3 is 2.48 bits per heavy atom. The van der Waals surface area contributed by atoms with Crippen molar-refractivity contribution >= 4 is 33.0 Å². The van der Waals surface area contributed by atoms with E-state index >= 15 is 0 Å². The molecule has 1 aliphatic heterocycles. The molecule has 2 aromatic rings. The molecule has 1 fully saturated rings. The molecule has 0 bridgehead atoms. The maximum Gasteiger partial charge on any atom is 0.243 e. The second kappa shape index (κ2) is 7.00. The van der Waals surface area contributed by atoms with Crippen LogP contribution in [0.25, 0.3) is 0 Å². The highest BCUT2D eigenvalue weighted by molar-refractivity contribution is 7.89. The lowest BCUT2D eigenvalue weighted by atomic mass is 10.1. The lowest BCUT2D eigenvalue weighted by molar-refractivity contribution is 0.183. The average molecular weight is 397 g/mol. The number of nitrogens with zero attached hydrogens (tertiary/aromatic N) is 2. The minimum atomic E-state index is -3.39. The minimum absolute atomic E-state index is 0.451. The number of halogens is 1.